The second kappa shape index (κ2) is 6.78. The van der Waals surface area contributed by atoms with Crippen molar-refractivity contribution < 1.29 is 0 Å². The minimum Gasteiger partial charge on any atom is -0.303 e. The van der Waals surface area contributed by atoms with Crippen molar-refractivity contribution in [2.75, 3.05) is 19.6 Å². The Kier molecular flexibility index (Phi) is 5.99. The van der Waals surface area contributed by atoms with E-state index >= 15 is 0 Å². The zero-order chi connectivity index (χ0) is 12.9. The number of likely N-dealkylation sites (tertiary alicyclic amines) is 1. The Hall–Kier alpha value is -0.0400. The molecule has 1 fully saturated rings. The summed E-state index contributed by atoms with van der Waals surface area (Å²) in [4.78, 5) is 2.68. The van der Waals surface area contributed by atoms with E-state index in [0.29, 0.717) is 5.41 Å². The fourth-order valence-electron chi connectivity index (χ4n) is 3.12. The number of nitrogens with zero attached hydrogens (tertiary/aromatic N) is 1. The second-order valence-electron chi connectivity index (χ2n) is 6.66. The minimum atomic E-state index is 0.601. The predicted molar refractivity (Wildman–Crippen MR) is 77.3 cm³/mol. The molecule has 0 atom stereocenters. The summed E-state index contributed by atoms with van der Waals surface area (Å²) in [6.07, 6.45) is 6.91. The van der Waals surface area contributed by atoms with E-state index in [2.05, 4.69) is 39.5 Å². The van der Waals surface area contributed by atoms with E-state index in [1.54, 1.807) is 0 Å². The van der Waals surface area contributed by atoms with Gasteiger partial charge in [0.25, 0.3) is 0 Å². The Morgan fingerprint density at radius 3 is 2.06 bits per heavy atom. The number of piperidine rings is 1. The molecule has 1 saturated heterocycles. The summed E-state index contributed by atoms with van der Waals surface area (Å²) in [7, 11) is 0. The predicted octanol–water partition coefficient (Wildman–Crippen LogP) is 4.57. The molecule has 1 heterocycles. The number of rotatable bonds is 6. The van der Waals surface area contributed by atoms with Crippen molar-refractivity contribution in [1.29, 1.82) is 0 Å². The molecular formula is C16H33N. The lowest BCUT2D eigenvalue weighted by Gasteiger charge is -2.42. The van der Waals surface area contributed by atoms with Gasteiger partial charge in [-0.1, -0.05) is 47.5 Å². The van der Waals surface area contributed by atoms with Crippen molar-refractivity contribution in [3.63, 3.8) is 0 Å². The fraction of sp³-hybridized carbons (Fsp3) is 1.00. The average molecular weight is 239 g/mol. The van der Waals surface area contributed by atoms with Crippen LogP contribution < -0.4 is 0 Å². The fourth-order valence-corrected chi connectivity index (χ4v) is 3.12. The third kappa shape index (κ3) is 4.28. The van der Waals surface area contributed by atoms with Crippen LogP contribution in [0.4, 0.5) is 0 Å². The van der Waals surface area contributed by atoms with E-state index in [1.807, 2.05) is 0 Å². The van der Waals surface area contributed by atoms with E-state index in [4.69, 9.17) is 0 Å². The molecule has 0 aromatic rings. The van der Waals surface area contributed by atoms with Gasteiger partial charge in [0.15, 0.2) is 0 Å². The highest BCUT2D eigenvalue weighted by atomic mass is 15.1. The standard InChI is InChI=1S/C16H33N/c1-6-16(5,7-2)15-9-12-17(13-10-15)11-8-14(3)4/h14-15H,6-13H2,1-5H3. The molecule has 1 heteroatoms. The maximum atomic E-state index is 2.68. The van der Waals surface area contributed by atoms with Crippen LogP contribution in [0.3, 0.4) is 0 Å². The van der Waals surface area contributed by atoms with E-state index < -0.39 is 0 Å². The molecule has 0 N–H and O–H groups in total. The molecule has 0 unspecified atom stereocenters. The first kappa shape index (κ1) is 15.0. The SMILES string of the molecule is CCC(C)(CC)C1CCN(CCC(C)C)CC1. The molecule has 1 rings (SSSR count). The van der Waals surface area contributed by atoms with Crippen molar-refractivity contribution in [3.8, 4) is 0 Å². The highest BCUT2D eigenvalue weighted by Gasteiger charge is 2.33. The molecule has 1 aliphatic heterocycles. The second-order valence-corrected chi connectivity index (χ2v) is 6.66. The van der Waals surface area contributed by atoms with E-state index in [0.717, 1.165) is 11.8 Å². The van der Waals surface area contributed by atoms with Crippen molar-refractivity contribution in [3.05, 3.63) is 0 Å². The molecule has 0 aromatic heterocycles. The monoisotopic (exact) mass is 239 g/mol. The smallest absolute Gasteiger partial charge is 0.00159 e. The quantitative estimate of drug-likeness (QED) is 0.656. The van der Waals surface area contributed by atoms with Crippen LogP contribution >= 0.6 is 0 Å². The molecule has 102 valence electrons. The molecule has 0 radical (unpaired) electrons. The van der Waals surface area contributed by atoms with Crippen LogP contribution in [-0.2, 0) is 0 Å². The number of hydrogen-bond donors (Lipinski definition) is 0. The Morgan fingerprint density at radius 1 is 1.12 bits per heavy atom. The number of hydrogen-bond acceptors (Lipinski definition) is 1. The first-order valence-electron chi connectivity index (χ1n) is 7.74. The lowest BCUT2D eigenvalue weighted by atomic mass is 9.69. The van der Waals surface area contributed by atoms with Crippen molar-refractivity contribution in [2.24, 2.45) is 17.3 Å². The van der Waals surface area contributed by atoms with E-state index in [1.165, 1.54) is 51.7 Å². The van der Waals surface area contributed by atoms with Crippen LogP contribution in [0, 0.1) is 17.3 Å². The normalized spacial score (nSPS) is 20.1. The highest BCUT2D eigenvalue weighted by molar-refractivity contribution is 4.84. The molecule has 0 amide bonds. The van der Waals surface area contributed by atoms with Gasteiger partial charge in [0.2, 0.25) is 0 Å². The van der Waals surface area contributed by atoms with Gasteiger partial charge in [-0.05, 0) is 56.1 Å². The average Bonchev–Trinajstić information content (AvgIpc) is 2.36. The van der Waals surface area contributed by atoms with Gasteiger partial charge in [0.05, 0.1) is 0 Å². The molecule has 0 spiro atoms. The molecule has 1 aliphatic rings. The van der Waals surface area contributed by atoms with Crippen molar-refractivity contribution in [1.82, 2.24) is 4.90 Å². The van der Waals surface area contributed by atoms with Crippen LogP contribution in [-0.4, -0.2) is 24.5 Å². The van der Waals surface area contributed by atoms with Gasteiger partial charge in [-0.25, -0.2) is 0 Å². The topological polar surface area (TPSA) is 3.24 Å². The largest absolute Gasteiger partial charge is 0.303 e. The van der Waals surface area contributed by atoms with Crippen LogP contribution in [0.15, 0.2) is 0 Å². The summed E-state index contributed by atoms with van der Waals surface area (Å²) in [5.74, 6) is 1.82. The zero-order valence-electron chi connectivity index (χ0n) is 12.8. The van der Waals surface area contributed by atoms with Gasteiger partial charge in [-0.15, -0.1) is 0 Å². The van der Waals surface area contributed by atoms with Crippen LogP contribution in [0.1, 0.15) is 66.7 Å². The third-order valence-electron chi connectivity index (χ3n) is 5.21. The Morgan fingerprint density at radius 2 is 1.65 bits per heavy atom. The summed E-state index contributed by atoms with van der Waals surface area (Å²) in [6, 6.07) is 0. The van der Waals surface area contributed by atoms with Gasteiger partial charge in [0, 0.05) is 0 Å². The lowest BCUT2D eigenvalue weighted by Crippen LogP contribution is -2.40. The van der Waals surface area contributed by atoms with Gasteiger partial charge < -0.3 is 4.90 Å². The summed E-state index contributed by atoms with van der Waals surface area (Å²) in [6.45, 7) is 15.9. The highest BCUT2D eigenvalue weighted by Crippen LogP contribution is 2.40. The summed E-state index contributed by atoms with van der Waals surface area (Å²) in [5, 5.41) is 0. The maximum Gasteiger partial charge on any atom is -0.00159 e. The van der Waals surface area contributed by atoms with E-state index in [9.17, 15) is 0 Å². The Balaban J connectivity index is 2.35. The van der Waals surface area contributed by atoms with Gasteiger partial charge in [-0.3, -0.25) is 0 Å². The molecule has 0 saturated carbocycles. The van der Waals surface area contributed by atoms with Crippen molar-refractivity contribution in [2.45, 2.75) is 66.7 Å². The molecule has 0 aliphatic carbocycles. The van der Waals surface area contributed by atoms with Crippen LogP contribution in [0.25, 0.3) is 0 Å². The first-order chi connectivity index (χ1) is 8.01. The molecular weight excluding hydrogens is 206 g/mol. The molecule has 1 nitrogen and oxygen atoms in total. The van der Waals surface area contributed by atoms with E-state index in [-0.39, 0.29) is 0 Å². The lowest BCUT2D eigenvalue weighted by molar-refractivity contribution is 0.0787. The van der Waals surface area contributed by atoms with Gasteiger partial charge >= 0.3 is 0 Å². The third-order valence-corrected chi connectivity index (χ3v) is 5.21. The van der Waals surface area contributed by atoms with Gasteiger partial charge in [-0.2, -0.15) is 0 Å². The Bertz CT molecular complexity index is 198. The van der Waals surface area contributed by atoms with Crippen LogP contribution in [0.5, 0.6) is 0 Å². The Labute approximate surface area is 109 Å². The summed E-state index contributed by atoms with van der Waals surface area (Å²) < 4.78 is 0. The zero-order valence-corrected chi connectivity index (χ0v) is 12.8. The summed E-state index contributed by atoms with van der Waals surface area (Å²) in [5.41, 5.74) is 0.601. The van der Waals surface area contributed by atoms with Crippen molar-refractivity contribution >= 4 is 0 Å². The maximum absolute atomic E-state index is 2.68. The minimum absolute atomic E-state index is 0.601. The van der Waals surface area contributed by atoms with Crippen LogP contribution in [0.2, 0.25) is 0 Å². The molecule has 17 heavy (non-hydrogen) atoms. The molecule has 0 aromatic carbocycles. The molecule has 0 bridgehead atoms. The summed E-state index contributed by atoms with van der Waals surface area (Å²) >= 11 is 0. The van der Waals surface area contributed by atoms with Gasteiger partial charge in [0.1, 0.15) is 0 Å². The first-order valence-corrected chi connectivity index (χ1v) is 7.74.